The first-order chi connectivity index (χ1) is 22.2. The lowest BCUT2D eigenvalue weighted by Gasteiger charge is -2.32. The lowest BCUT2D eigenvalue weighted by molar-refractivity contribution is -0.141. The van der Waals surface area contributed by atoms with Gasteiger partial charge in [-0.25, -0.2) is 17.5 Å². The zero-order valence-electron chi connectivity index (χ0n) is 25.7. The number of benzene rings is 4. The van der Waals surface area contributed by atoms with E-state index in [4.69, 9.17) is 4.74 Å². The van der Waals surface area contributed by atoms with Crippen LogP contribution >= 0.6 is 0 Å². The molecule has 1 atom stereocenters. The number of sulfonamides is 1. The van der Waals surface area contributed by atoms with Crippen LogP contribution in [0.15, 0.2) is 108 Å². The number of nitrogens with one attached hydrogen (secondary N) is 2. The highest BCUT2D eigenvalue weighted by molar-refractivity contribution is 7.89. The minimum atomic E-state index is -3.58. The standard InChI is InChI=1S/C36H38FN3O5S/c1-45-32-18-9-27(10-19-32)23-24-38-36(42)35(29-5-3-2-4-6-29)40(25-28-7-14-30(37)15-8-28)34(41)22-13-26-11-20-33(21-12-26)46(43,44)39-31-16-17-31/h2-12,14-15,18-21,31,35,39H,13,16-17,22-25H2,1H3,(H,38,42)/t35-/m0/s1. The summed E-state index contributed by atoms with van der Waals surface area (Å²) in [5.41, 5.74) is 3.15. The van der Waals surface area contributed by atoms with Crippen molar-refractivity contribution in [3.63, 3.8) is 0 Å². The molecule has 46 heavy (non-hydrogen) atoms. The number of nitrogens with zero attached hydrogens (tertiary/aromatic N) is 1. The predicted molar refractivity (Wildman–Crippen MR) is 174 cm³/mol. The highest BCUT2D eigenvalue weighted by Gasteiger charge is 2.31. The number of amides is 2. The number of halogens is 1. The topological polar surface area (TPSA) is 105 Å². The van der Waals surface area contributed by atoms with E-state index in [1.165, 1.54) is 17.0 Å². The fraction of sp³-hybridized carbons (Fsp3) is 0.278. The molecule has 0 radical (unpaired) electrons. The van der Waals surface area contributed by atoms with E-state index in [-0.39, 0.29) is 35.7 Å². The van der Waals surface area contributed by atoms with Gasteiger partial charge in [0.25, 0.3) is 0 Å². The fourth-order valence-electron chi connectivity index (χ4n) is 5.16. The summed E-state index contributed by atoms with van der Waals surface area (Å²) in [6, 6.07) is 28.2. The third-order valence-electron chi connectivity index (χ3n) is 7.89. The van der Waals surface area contributed by atoms with Gasteiger partial charge in [-0.15, -0.1) is 0 Å². The van der Waals surface area contributed by atoms with Crippen LogP contribution in [0.1, 0.15) is 47.6 Å². The van der Waals surface area contributed by atoms with Crippen molar-refractivity contribution in [3.05, 3.63) is 131 Å². The summed E-state index contributed by atoms with van der Waals surface area (Å²) in [7, 11) is -1.97. The van der Waals surface area contributed by atoms with Crippen molar-refractivity contribution in [3.8, 4) is 5.75 Å². The normalized spacial score (nSPS) is 13.5. The Bertz CT molecular complexity index is 1710. The average molecular weight is 644 g/mol. The van der Waals surface area contributed by atoms with E-state index in [0.29, 0.717) is 30.5 Å². The molecule has 0 unspecified atom stereocenters. The first-order valence-corrected chi connectivity index (χ1v) is 16.8. The fourth-order valence-corrected chi connectivity index (χ4v) is 6.46. The number of carbonyl (C=O) groups is 2. The number of aryl methyl sites for hydroxylation is 1. The highest BCUT2D eigenvalue weighted by atomic mass is 32.2. The zero-order valence-corrected chi connectivity index (χ0v) is 26.5. The molecule has 8 nitrogen and oxygen atoms in total. The van der Waals surface area contributed by atoms with Gasteiger partial charge in [-0.2, -0.15) is 0 Å². The minimum absolute atomic E-state index is 0.00611. The molecule has 10 heteroatoms. The second kappa shape index (κ2) is 15.2. The van der Waals surface area contributed by atoms with Gasteiger partial charge in [-0.05, 0) is 84.3 Å². The Morgan fingerprint density at radius 3 is 2.09 bits per heavy atom. The zero-order chi connectivity index (χ0) is 32.5. The van der Waals surface area contributed by atoms with Gasteiger partial charge >= 0.3 is 0 Å². The quantitative estimate of drug-likeness (QED) is 0.182. The monoisotopic (exact) mass is 643 g/mol. The first kappa shape index (κ1) is 32.8. The summed E-state index contributed by atoms with van der Waals surface area (Å²) in [4.78, 5) is 29.5. The van der Waals surface area contributed by atoms with Crippen molar-refractivity contribution in [1.29, 1.82) is 0 Å². The summed E-state index contributed by atoms with van der Waals surface area (Å²) in [6.45, 7) is 0.451. The average Bonchev–Trinajstić information content (AvgIpc) is 3.88. The number of hydrogen-bond acceptors (Lipinski definition) is 5. The van der Waals surface area contributed by atoms with Crippen LogP contribution < -0.4 is 14.8 Å². The number of methoxy groups -OCH3 is 1. The Balaban J connectivity index is 1.33. The van der Waals surface area contributed by atoms with Crippen LogP contribution in [-0.2, 0) is 39.0 Å². The van der Waals surface area contributed by atoms with Gasteiger partial charge in [-0.3, -0.25) is 9.59 Å². The minimum Gasteiger partial charge on any atom is -0.497 e. The molecule has 240 valence electrons. The van der Waals surface area contributed by atoms with Gasteiger partial charge < -0.3 is 15.0 Å². The molecule has 1 aliphatic carbocycles. The Hall–Kier alpha value is -4.54. The highest BCUT2D eigenvalue weighted by Crippen LogP contribution is 2.26. The van der Waals surface area contributed by atoms with Crippen LogP contribution in [0, 0.1) is 5.82 Å². The maximum atomic E-state index is 14.0. The largest absolute Gasteiger partial charge is 0.497 e. The van der Waals surface area contributed by atoms with Crippen molar-refractivity contribution >= 4 is 21.8 Å². The molecule has 1 aliphatic rings. The van der Waals surface area contributed by atoms with Gasteiger partial charge in [0.1, 0.15) is 17.6 Å². The Kier molecular flexibility index (Phi) is 10.8. The molecule has 0 saturated heterocycles. The predicted octanol–water partition coefficient (Wildman–Crippen LogP) is 5.34. The molecule has 1 fully saturated rings. The van der Waals surface area contributed by atoms with Gasteiger partial charge in [-0.1, -0.05) is 66.7 Å². The van der Waals surface area contributed by atoms with Crippen LogP contribution in [0.5, 0.6) is 5.75 Å². The second-order valence-electron chi connectivity index (χ2n) is 11.4. The van der Waals surface area contributed by atoms with E-state index < -0.39 is 21.9 Å². The van der Waals surface area contributed by atoms with E-state index in [1.54, 1.807) is 43.5 Å². The Morgan fingerprint density at radius 2 is 1.46 bits per heavy atom. The summed E-state index contributed by atoms with van der Waals surface area (Å²) >= 11 is 0. The van der Waals surface area contributed by atoms with Gasteiger partial charge in [0.2, 0.25) is 21.8 Å². The van der Waals surface area contributed by atoms with Crippen LogP contribution in [0.4, 0.5) is 4.39 Å². The lowest BCUT2D eigenvalue weighted by atomic mass is 10.0. The number of hydrogen-bond donors (Lipinski definition) is 2. The smallest absolute Gasteiger partial charge is 0.247 e. The molecule has 0 aliphatic heterocycles. The van der Waals surface area contributed by atoms with Gasteiger partial charge in [0.15, 0.2) is 0 Å². The maximum Gasteiger partial charge on any atom is 0.247 e. The van der Waals surface area contributed by atoms with Crippen molar-refractivity contribution in [1.82, 2.24) is 14.9 Å². The second-order valence-corrected chi connectivity index (χ2v) is 13.1. The van der Waals surface area contributed by atoms with Gasteiger partial charge in [0.05, 0.1) is 12.0 Å². The summed E-state index contributed by atoms with van der Waals surface area (Å²) < 4.78 is 46.8. The Morgan fingerprint density at radius 1 is 0.848 bits per heavy atom. The van der Waals surface area contributed by atoms with E-state index in [2.05, 4.69) is 10.0 Å². The van der Waals surface area contributed by atoms with E-state index in [9.17, 15) is 22.4 Å². The SMILES string of the molecule is COc1ccc(CCNC(=O)[C@H](c2ccccc2)N(Cc2ccc(F)cc2)C(=O)CCc2ccc(S(=O)(=O)NC3CC3)cc2)cc1. The molecular weight excluding hydrogens is 605 g/mol. The number of ether oxygens (including phenoxy) is 1. The number of rotatable bonds is 15. The summed E-state index contributed by atoms with van der Waals surface area (Å²) in [5.74, 6) is -0.239. The summed E-state index contributed by atoms with van der Waals surface area (Å²) in [6.07, 6.45) is 2.70. The van der Waals surface area contributed by atoms with Crippen molar-refractivity contribution in [2.24, 2.45) is 0 Å². The van der Waals surface area contributed by atoms with Gasteiger partial charge in [0, 0.05) is 25.6 Å². The maximum absolute atomic E-state index is 14.0. The van der Waals surface area contributed by atoms with Crippen LogP contribution in [0.2, 0.25) is 0 Å². The first-order valence-electron chi connectivity index (χ1n) is 15.3. The Labute approximate surface area is 269 Å². The van der Waals surface area contributed by atoms with Crippen molar-refractivity contribution in [2.45, 2.75) is 55.6 Å². The number of carbonyl (C=O) groups excluding carboxylic acids is 2. The van der Waals surface area contributed by atoms with Crippen LogP contribution in [-0.4, -0.2) is 44.8 Å². The van der Waals surface area contributed by atoms with E-state index in [1.807, 2.05) is 54.6 Å². The molecular formula is C36H38FN3O5S. The molecule has 0 heterocycles. The third kappa shape index (κ3) is 9.02. The molecule has 5 rings (SSSR count). The molecule has 4 aromatic carbocycles. The van der Waals surface area contributed by atoms with E-state index >= 15 is 0 Å². The molecule has 0 bridgehead atoms. The van der Waals surface area contributed by atoms with Crippen LogP contribution in [0.3, 0.4) is 0 Å². The molecule has 2 amide bonds. The molecule has 0 aromatic heterocycles. The lowest BCUT2D eigenvalue weighted by Crippen LogP contribution is -2.44. The summed E-state index contributed by atoms with van der Waals surface area (Å²) in [5, 5.41) is 3.01. The van der Waals surface area contributed by atoms with Crippen molar-refractivity contribution < 1.29 is 27.1 Å². The van der Waals surface area contributed by atoms with Crippen LogP contribution in [0.25, 0.3) is 0 Å². The van der Waals surface area contributed by atoms with Crippen molar-refractivity contribution in [2.75, 3.05) is 13.7 Å². The molecule has 1 saturated carbocycles. The molecule has 4 aromatic rings. The molecule has 2 N–H and O–H groups in total. The van der Waals surface area contributed by atoms with E-state index in [0.717, 1.165) is 29.7 Å². The third-order valence-corrected chi connectivity index (χ3v) is 9.43. The molecule has 0 spiro atoms.